The van der Waals surface area contributed by atoms with Gasteiger partial charge in [-0.15, -0.1) is 0 Å². The van der Waals surface area contributed by atoms with Crippen molar-refractivity contribution < 1.29 is 0 Å². The molecule has 0 radical (unpaired) electrons. The molecule has 0 aromatic rings. The van der Waals surface area contributed by atoms with Crippen LogP contribution in [0.4, 0.5) is 0 Å². The summed E-state index contributed by atoms with van der Waals surface area (Å²) in [6.07, 6.45) is 5.71. The monoisotopic (exact) mass is 142 g/mol. The molecular formula is C8H19Al. The first-order valence-corrected chi connectivity index (χ1v) is 5.76. The fraction of sp³-hybridized carbons (Fsp3) is 1.00. The Morgan fingerprint density at radius 1 is 1.33 bits per heavy atom. The second kappa shape index (κ2) is 6.65. The van der Waals surface area contributed by atoms with Gasteiger partial charge in [0, 0.05) is 0 Å². The minimum absolute atomic E-state index is 1.07. The Morgan fingerprint density at radius 2 is 2.00 bits per heavy atom. The zero-order valence-electron chi connectivity index (χ0n) is 7.11. The van der Waals surface area contributed by atoms with Gasteiger partial charge in [0.1, 0.15) is 0 Å². The van der Waals surface area contributed by atoms with Crippen LogP contribution in [0.15, 0.2) is 0 Å². The Labute approximate surface area is 67.5 Å². The first kappa shape index (κ1) is 9.53. The molecule has 0 saturated carbocycles. The largest absolute Gasteiger partial charge is 0.212 e. The fourth-order valence-electron chi connectivity index (χ4n) is 1.19. The molecular weight excluding hydrogens is 123 g/mol. The van der Waals surface area contributed by atoms with Crippen LogP contribution in [-0.2, 0) is 0 Å². The highest BCUT2D eigenvalue weighted by atomic mass is 27.0. The zero-order chi connectivity index (χ0) is 7.11. The van der Waals surface area contributed by atoms with Crippen molar-refractivity contribution in [2.45, 2.75) is 44.8 Å². The van der Waals surface area contributed by atoms with Crippen LogP contribution in [0, 0.1) is 5.92 Å². The Hall–Kier alpha value is 0.532. The van der Waals surface area contributed by atoms with Gasteiger partial charge in [0.15, 0.2) is 0 Å². The lowest BCUT2D eigenvalue weighted by atomic mass is 10.0. The minimum atomic E-state index is 1.07. The first-order valence-electron chi connectivity index (χ1n) is 4.35. The SMILES string of the molecule is CCCCC(CC)[CH2][AlH2]. The first-order chi connectivity index (χ1) is 4.35. The van der Waals surface area contributed by atoms with Crippen molar-refractivity contribution in [2.75, 3.05) is 0 Å². The van der Waals surface area contributed by atoms with E-state index in [0.29, 0.717) is 0 Å². The fourth-order valence-corrected chi connectivity index (χ4v) is 2.18. The van der Waals surface area contributed by atoms with E-state index in [0.717, 1.165) is 5.92 Å². The third-order valence-corrected chi connectivity index (χ3v) is 3.28. The van der Waals surface area contributed by atoms with Crippen LogP contribution in [0.2, 0.25) is 5.28 Å². The summed E-state index contributed by atoms with van der Waals surface area (Å²) in [7, 11) is 0. The van der Waals surface area contributed by atoms with Crippen molar-refractivity contribution in [3.05, 3.63) is 0 Å². The Kier molecular flexibility index (Phi) is 7.04. The molecule has 0 spiro atoms. The van der Waals surface area contributed by atoms with Gasteiger partial charge in [-0.25, -0.2) is 0 Å². The van der Waals surface area contributed by atoms with Crippen LogP contribution in [0.5, 0.6) is 0 Å². The number of rotatable bonds is 5. The van der Waals surface area contributed by atoms with Crippen LogP contribution < -0.4 is 0 Å². The van der Waals surface area contributed by atoms with E-state index in [9.17, 15) is 0 Å². The molecule has 0 aliphatic carbocycles. The van der Waals surface area contributed by atoms with Gasteiger partial charge in [-0.3, -0.25) is 0 Å². The van der Waals surface area contributed by atoms with Crippen molar-refractivity contribution >= 4 is 16.3 Å². The average Bonchev–Trinajstić information content (AvgIpc) is 1.91. The summed E-state index contributed by atoms with van der Waals surface area (Å²) in [5.74, 6) is 1.07. The van der Waals surface area contributed by atoms with Gasteiger partial charge in [0.25, 0.3) is 0 Å². The van der Waals surface area contributed by atoms with E-state index in [4.69, 9.17) is 0 Å². The predicted molar refractivity (Wildman–Crippen MR) is 46.7 cm³/mol. The molecule has 54 valence electrons. The third-order valence-electron chi connectivity index (χ3n) is 2.12. The second-order valence-electron chi connectivity index (χ2n) is 2.82. The van der Waals surface area contributed by atoms with E-state index >= 15 is 0 Å². The molecule has 0 aliphatic rings. The molecule has 1 atom stereocenters. The molecule has 0 heterocycles. The van der Waals surface area contributed by atoms with Gasteiger partial charge in [-0.05, 0) is 0 Å². The van der Waals surface area contributed by atoms with Crippen LogP contribution in [0.3, 0.4) is 0 Å². The maximum atomic E-state index is 2.32. The van der Waals surface area contributed by atoms with Crippen LogP contribution >= 0.6 is 0 Å². The van der Waals surface area contributed by atoms with Crippen molar-refractivity contribution in [1.82, 2.24) is 0 Å². The van der Waals surface area contributed by atoms with Crippen LogP contribution in [-0.4, -0.2) is 16.3 Å². The molecule has 0 saturated heterocycles. The molecule has 0 aromatic carbocycles. The normalized spacial score (nSPS) is 13.6. The molecule has 0 fully saturated rings. The summed E-state index contributed by atoms with van der Waals surface area (Å²) >= 11 is 1.40. The molecule has 0 nitrogen and oxygen atoms in total. The van der Waals surface area contributed by atoms with E-state index in [1.807, 2.05) is 0 Å². The lowest BCUT2D eigenvalue weighted by molar-refractivity contribution is 0.492. The molecule has 0 rings (SSSR count). The highest BCUT2D eigenvalue weighted by molar-refractivity contribution is 6.08. The van der Waals surface area contributed by atoms with E-state index in [2.05, 4.69) is 13.8 Å². The van der Waals surface area contributed by atoms with Crippen molar-refractivity contribution in [3.8, 4) is 0 Å². The van der Waals surface area contributed by atoms with E-state index in [1.54, 1.807) is 0 Å². The average molecular weight is 142 g/mol. The Bertz CT molecular complexity index is 48.5. The highest BCUT2D eigenvalue weighted by Crippen LogP contribution is 2.14. The van der Waals surface area contributed by atoms with Gasteiger partial charge in [0.2, 0.25) is 16.3 Å². The summed E-state index contributed by atoms with van der Waals surface area (Å²) in [5.41, 5.74) is 0. The predicted octanol–water partition coefficient (Wildman–Crippen LogP) is 2.25. The number of unbranched alkanes of at least 4 members (excludes halogenated alkanes) is 1. The van der Waals surface area contributed by atoms with Crippen molar-refractivity contribution in [3.63, 3.8) is 0 Å². The standard InChI is InChI=1S/C8H17.Al.2H/c1-4-6-7-8(3)5-2;;;/h8H,3-7H2,1-2H3;;;. The van der Waals surface area contributed by atoms with Gasteiger partial charge in [-0.1, -0.05) is 50.7 Å². The molecule has 0 amide bonds. The summed E-state index contributed by atoms with van der Waals surface area (Å²) in [6.45, 7) is 4.60. The summed E-state index contributed by atoms with van der Waals surface area (Å²) in [6, 6.07) is 0. The lowest BCUT2D eigenvalue weighted by Crippen LogP contribution is -1.96. The second-order valence-corrected chi connectivity index (χ2v) is 3.64. The Morgan fingerprint density at radius 3 is 2.33 bits per heavy atom. The van der Waals surface area contributed by atoms with Gasteiger partial charge < -0.3 is 0 Å². The summed E-state index contributed by atoms with van der Waals surface area (Å²) in [5, 5.41) is 1.51. The maximum absolute atomic E-state index is 2.32. The maximum Gasteiger partial charge on any atom is 0.212 e. The molecule has 0 aliphatic heterocycles. The van der Waals surface area contributed by atoms with Gasteiger partial charge >= 0.3 is 0 Å². The third kappa shape index (κ3) is 5.00. The van der Waals surface area contributed by atoms with E-state index in [1.165, 1.54) is 47.3 Å². The minimum Gasteiger partial charge on any atom is -0.0985 e. The molecule has 1 unspecified atom stereocenters. The highest BCUT2D eigenvalue weighted by Gasteiger charge is 2.00. The summed E-state index contributed by atoms with van der Waals surface area (Å²) in [4.78, 5) is 0. The van der Waals surface area contributed by atoms with Gasteiger partial charge in [0.05, 0.1) is 0 Å². The molecule has 0 bridgehead atoms. The smallest absolute Gasteiger partial charge is 0.0985 e. The molecule has 1 heteroatoms. The van der Waals surface area contributed by atoms with Crippen LogP contribution in [0.1, 0.15) is 39.5 Å². The quantitative estimate of drug-likeness (QED) is 0.516. The number of hydrogen-bond donors (Lipinski definition) is 0. The molecule has 9 heavy (non-hydrogen) atoms. The van der Waals surface area contributed by atoms with Gasteiger partial charge in [-0.2, -0.15) is 0 Å². The van der Waals surface area contributed by atoms with E-state index in [-0.39, 0.29) is 0 Å². The van der Waals surface area contributed by atoms with Crippen molar-refractivity contribution in [2.24, 2.45) is 5.92 Å². The lowest BCUT2D eigenvalue weighted by Gasteiger charge is -2.09. The Balaban J connectivity index is 3.09. The zero-order valence-corrected chi connectivity index (χ0v) is 9.11. The number of hydrogen-bond acceptors (Lipinski definition) is 0. The molecule has 0 N–H and O–H groups in total. The molecule has 0 aromatic heterocycles. The summed E-state index contributed by atoms with van der Waals surface area (Å²) < 4.78 is 0. The topological polar surface area (TPSA) is 0 Å². The van der Waals surface area contributed by atoms with E-state index < -0.39 is 0 Å². The van der Waals surface area contributed by atoms with Crippen LogP contribution in [0.25, 0.3) is 0 Å². The van der Waals surface area contributed by atoms with Crippen molar-refractivity contribution in [1.29, 1.82) is 0 Å².